The lowest BCUT2D eigenvalue weighted by atomic mass is 9.71. The lowest BCUT2D eigenvalue weighted by Crippen LogP contribution is -2.49. The molecule has 2 saturated heterocycles. The number of ether oxygens (including phenoxy) is 1. The van der Waals surface area contributed by atoms with Gasteiger partial charge in [0.15, 0.2) is 5.13 Å². The summed E-state index contributed by atoms with van der Waals surface area (Å²) in [4.78, 5) is 43.2. The van der Waals surface area contributed by atoms with Crippen LogP contribution < -0.4 is 10.5 Å². The summed E-state index contributed by atoms with van der Waals surface area (Å²) in [6.45, 7) is 7.75. The maximum Gasteiger partial charge on any atom is 0.416 e. The van der Waals surface area contributed by atoms with Crippen LogP contribution in [0.3, 0.4) is 0 Å². The maximum absolute atomic E-state index is 13.2. The lowest BCUT2D eigenvalue weighted by Gasteiger charge is -2.46. The molecule has 0 saturated carbocycles. The minimum Gasteiger partial charge on any atom is -0.444 e. The normalized spacial score (nSPS) is 18.5. The number of anilines is 1. The van der Waals surface area contributed by atoms with E-state index < -0.39 is 38.9 Å². The van der Waals surface area contributed by atoms with Crippen molar-refractivity contribution >= 4 is 38.3 Å². The lowest BCUT2D eigenvalue weighted by molar-refractivity contribution is -0.383. The SMILES string of the molecule is CC(C)(C)OC(=O)N1CCC2(CC1)CCN(c1nc(=O)c3cc(C(F)(F)F)cc([N+](=O)[O-])c3s1)CC2. The Morgan fingerprint density at radius 1 is 1.11 bits per heavy atom. The largest absolute Gasteiger partial charge is 0.444 e. The van der Waals surface area contributed by atoms with Gasteiger partial charge in [0, 0.05) is 32.2 Å². The van der Waals surface area contributed by atoms with Gasteiger partial charge in [-0.1, -0.05) is 11.3 Å². The number of fused-ring (bicyclic) bond motifs is 1. The Kier molecular flexibility index (Phi) is 6.65. The Bertz CT molecular complexity index is 1240. The molecule has 2 aliphatic heterocycles. The highest BCUT2D eigenvalue weighted by Gasteiger charge is 2.40. The van der Waals surface area contributed by atoms with Crippen molar-refractivity contribution in [3.05, 3.63) is 38.2 Å². The molecule has 13 heteroatoms. The average molecular weight is 529 g/mol. The highest BCUT2D eigenvalue weighted by molar-refractivity contribution is 7.22. The van der Waals surface area contributed by atoms with Crippen LogP contribution in [0.2, 0.25) is 0 Å². The van der Waals surface area contributed by atoms with E-state index in [1.54, 1.807) is 4.90 Å². The van der Waals surface area contributed by atoms with Gasteiger partial charge in [-0.25, -0.2) is 4.79 Å². The van der Waals surface area contributed by atoms with E-state index in [-0.39, 0.29) is 21.3 Å². The van der Waals surface area contributed by atoms with Crippen molar-refractivity contribution in [2.24, 2.45) is 5.41 Å². The molecular formula is C23H27F3N4O5S. The van der Waals surface area contributed by atoms with Crippen molar-refractivity contribution < 1.29 is 27.6 Å². The van der Waals surface area contributed by atoms with Gasteiger partial charge >= 0.3 is 12.3 Å². The zero-order chi connectivity index (χ0) is 26.5. The third-order valence-corrected chi connectivity index (χ3v) is 7.95. The van der Waals surface area contributed by atoms with Gasteiger partial charge in [0.2, 0.25) is 0 Å². The Balaban J connectivity index is 1.50. The third kappa shape index (κ3) is 5.40. The predicted molar refractivity (Wildman–Crippen MR) is 128 cm³/mol. The van der Waals surface area contributed by atoms with Crippen LogP contribution in [0, 0.1) is 15.5 Å². The monoisotopic (exact) mass is 528 g/mol. The van der Waals surface area contributed by atoms with Gasteiger partial charge < -0.3 is 14.5 Å². The molecule has 1 spiro atoms. The summed E-state index contributed by atoms with van der Waals surface area (Å²) >= 11 is 0.863. The summed E-state index contributed by atoms with van der Waals surface area (Å²) in [6.07, 6.45) is -1.96. The quantitative estimate of drug-likeness (QED) is 0.390. The standard InChI is InChI=1S/C23H27F3N4O5S/c1-21(2,3)35-20(32)29-10-6-22(7-11-29)4-8-28(9-5-22)19-27-18(31)15-12-14(23(24,25)26)13-16(30(33)34)17(15)36-19/h12-13H,4-11H2,1-3H3. The second-order valence-corrected chi connectivity index (χ2v) is 11.4. The van der Waals surface area contributed by atoms with E-state index >= 15 is 0 Å². The van der Waals surface area contributed by atoms with Gasteiger partial charge in [-0.3, -0.25) is 14.9 Å². The van der Waals surface area contributed by atoms with E-state index in [4.69, 9.17) is 4.74 Å². The Morgan fingerprint density at radius 3 is 2.22 bits per heavy atom. The first-order chi connectivity index (χ1) is 16.7. The molecule has 0 unspecified atom stereocenters. The van der Waals surface area contributed by atoms with E-state index in [9.17, 15) is 32.9 Å². The summed E-state index contributed by atoms with van der Waals surface area (Å²) in [5, 5.41) is 11.4. The highest BCUT2D eigenvalue weighted by atomic mass is 32.1. The first-order valence-electron chi connectivity index (χ1n) is 11.6. The number of hydrogen-bond donors (Lipinski definition) is 0. The number of non-ortho nitro benzene ring substituents is 1. The van der Waals surface area contributed by atoms with E-state index in [2.05, 4.69) is 4.98 Å². The number of benzene rings is 1. The minimum absolute atomic E-state index is 0.0322. The fraction of sp³-hybridized carbons (Fsp3) is 0.609. The number of carbonyl (C=O) groups excluding carboxylic acids is 1. The molecule has 0 N–H and O–H groups in total. The van der Waals surface area contributed by atoms with Crippen LogP contribution in [0.4, 0.5) is 28.8 Å². The number of nitro groups is 1. The molecule has 0 radical (unpaired) electrons. The van der Waals surface area contributed by atoms with Crippen molar-refractivity contribution in [3.63, 3.8) is 0 Å². The van der Waals surface area contributed by atoms with Crippen LogP contribution >= 0.6 is 11.3 Å². The van der Waals surface area contributed by atoms with Crippen molar-refractivity contribution in [2.45, 2.75) is 58.2 Å². The van der Waals surface area contributed by atoms with Gasteiger partial charge in [-0.05, 0) is 57.9 Å². The van der Waals surface area contributed by atoms with Crippen molar-refractivity contribution in [3.8, 4) is 0 Å². The number of rotatable bonds is 2. The first-order valence-corrected chi connectivity index (χ1v) is 12.4. The van der Waals surface area contributed by atoms with Gasteiger partial charge in [0.1, 0.15) is 10.3 Å². The van der Waals surface area contributed by atoms with E-state index in [1.165, 1.54) is 0 Å². The molecule has 0 atom stereocenters. The molecule has 2 aromatic rings. The molecule has 2 aliphatic rings. The van der Waals surface area contributed by atoms with Gasteiger partial charge in [-0.15, -0.1) is 0 Å². The summed E-state index contributed by atoms with van der Waals surface area (Å²) in [6, 6.07) is 1.09. The van der Waals surface area contributed by atoms with Crippen LogP contribution in [-0.4, -0.2) is 52.7 Å². The van der Waals surface area contributed by atoms with E-state index in [0.717, 1.165) is 37.0 Å². The van der Waals surface area contributed by atoms with Crippen molar-refractivity contribution in [1.29, 1.82) is 0 Å². The summed E-state index contributed by atoms with van der Waals surface area (Å²) < 4.78 is 44.9. The van der Waals surface area contributed by atoms with Gasteiger partial charge in [0.25, 0.3) is 11.2 Å². The van der Waals surface area contributed by atoms with Gasteiger partial charge in [0.05, 0.1) is 15.9 Å². The van der Waals surface area contributed by atoms with Crippen LogP contribution in [0.15, 0.2) is 16.9 Å². The number of amides is 1. The first kappa shape index (κ1) is 26.1. The Labute approximate surface area is 209 Å². The molecule has 0 bridgehead atoms. The smallest absolute Gasteiger partial charge is 0.416 e. The molecule has 4 rings (SSSR count). The minimum atomic E-state index is -4.82. The zero-order valence-electron chi connectivity index (χ0n) is 20.2. The van der Waals surface area contributed by atoms with E-state index in [1.807, 2.05) is 25.7 Å². The summed E-state index contributed by atoms with van der Waals surface area (Å²) in [5.74, 6) is 0. The predicted octanol–water partition coefficient (Wildman–Crippen LogP) is 5.20. The number of nitro benzene ring substituents is 1. The molecule has 3 heterocycles. The number of carbonyl (C=O) groups is 1. The number of likely N-dealkylation sites (tertiary alicyclic amines) is 1. The molecular weight excluding hydrogens is 501 g/mol. The molecule has 1 aromatic carbocycles. The maximum atomic E-state index is 13.2. The number of halogens is 3. The second-order valence-electron chi connectivity index (χ2n) is 10.4. The number of alkyl halides is 3. The molecule has 1 amide bonds. The third-order valence-electron chi connectivity index (χ3n) is 6.78. The summed E-state index contributed by atoms with van der Waals surface area (Å²) in [5.41, 5.74) is -3.45. The zero-order valence-corrected chi connectivity index (χ0v) is 21.0. The molecule has 9 nitrogen and oxygen atoms in total. The molecule has 2 fully saturated rings. The van der Waals surface area contributed by atoms with E-state index in [0.29, 0.717) is 38.3 Å². The highest BCUT2D eigenvalue weighted by Crippen LogP contribution is 2.44. The van der Waals surface area contributed by atoms with Crippen LogP contribution in [0.1, 0.15) is 52.0 Å². The number of aromatic nitrogens is 1. The molecule has 0 aliphatic carbocycles. The molecule has 196 valence electrons. The number of hydrogen-bond acceptors (Lipinski definition) is 8. The number of piperidine rings is 2. The number of nitrogens with zero attached hydrogens (tertiary/aromatic N) is 4. The Morgan fingerprint density at radius 2 is 1.69 bits per heavy atom. The van der Waals surface area contributed by atoms with Crippen LogP contribution in [0.5, 0.6) is 0 Å². The second kappa shape index (κ2) is 9.16. The topological polar surface area (TPSA) is 106 Å². The fourth-order valence-corrected chi connectivity index (χ4v) is 5.85. The van der Waals surface area contributed by atoms with Gasteiger partial charge in [-0.2, -0.15) is 18.2 Å². The van der Waals surface area contributed by atoms with Crippen LogP contribution in [0.25, 0.3) is 10.1 Å². The van der Waals surface area contributed by atoms with Crippen molar-refractivity contribution in [2.75, 3.05) is 31.1 Å². The average Bonchev–Trinajstić information content (AvgIpc) is 2.77. The summed E-state index contributed by atoms with van der Waals surface area (Å²) in [7, 11) is 0. The van der Waals surface area contributed by atoms with Crippen molar-refractivity contribution in [1.82, 2.24) is 9.88 Å². The van der Waals surface area contributed by atoms with Crippen LogP contribution in [-0.2, 0) is 10.9 Å². The molecule has 36 heavy (non-hydrogen) atoms. The Hall–Kier alpha value is -2.96. The molecule has 1 aromatic heterocycles. The fourth-order valence-electron chi connectivity index (χ4n) is 4.74.